The summed E-state index contributed by atoms with van der Waals surface area (Å²) < 4.78 is 33.0. The minimum absolute atomic E-state index is 0.327. The van der Waals surface area contributed by atoms with Crippen molar-refractivity contribution in [3.05, 3.63) is 60.2 Å². The van der Waals surface area contributed by atoms with Crippen LogP contribution in [0, 0.1) is 0 Å². The quantitative estimate of drug-likeness (QED) is 0.752. The van der Waals surface area contributed by atoms with E-state index in [0.29, 0.717) is 29.8 Å². The van der Waals surface area contributed by atoms with Crippen molar-refractivity contribution in [3.63, 3.8) is 0 Å². The molecule has 0 aliphatic heterocycles. The van der Waals surface area contributed by atoms with Gasteiger partial charge >= 0.3 is 6.09 Å². The van der Waals surface area contributed by atoms with Crippen molar-refractivity contribution in [2.24, 2.45) is 0 Å². The van der Waals surface area contributed by atoms with Crippen LogP contribution >= 0.6 is 0 Å². The molecule has 1 aliphatic carbocycles. The van der Waals surface area contributed by atoms with E-state index in [9.17, 15) is 13.2 Å². The lowest BCUT2D eigenvalue weighted by atomic mass is 10.1. The Morgan fingerprint density at radius 1 is 1.04 bits per heavy atom. The number of amides is 1. The molecule has 2 N–H and O–H groups in total. The highest BCUT2D eigenvalue weighted by Crippen LogP contribution is 2.27. The molecule has 1 aliphatic rings. The van der Waals surface area contributed by atoms with Crippen LogP contribution in [0.5, 0.6) is 0 Å². The Bertz CT molecular complexity index is 878. The third-order valence-corrected chi connectivity index (χ3v) is 6.53. The number of rotatable bonds is 6. The van der Waals surface area contributed by atoms with E-state index in [4.69, 9.17) is 4.74 Å². The van der Waals surface area contributed by atoms with Gasteiger partial charge in [0.1, 0.15) is 6.10 Å². The zero-order valence-electron chi connectivity index (χ0n) is 15.2. The number of carbonyl (C=O) groups is 1. The third-order valence-electron chi connectivity index (χ3n) is 4.66. The summed E-state index contributed by atoms with van der Waals surface area (Å²) in [6, 6.07) is 16.0. The van der Waals surface area contributed by atoms with E-state index in [1.54, 1.807) is 43.3 Å². The molecule has 0 bridgehead atoms. The van der Waals surface area contributed by atoms with Gasteiger partial charge in [-0.25, -0.2) is 13.2 Å². The number of ether oxygens (including phenoxy) is 1. The van der Waals surface area contributed by atoms with Crippen molar-refractivity contribution in [1.82, 2.24) is 0 Å². The zero-order valence-corrected chi connectivity index (χ0v) is 16.0. The first-order chi connectivity index (χ1) is 12.9. The number of hydrogen-bond acceptors (Lipinski definition) is 4. The molecule has 144 valence electrons. The van der Waals surface area contributed by atoms with Gasteiger partial charge in [-0.2, -0.15) is 0 Å². The Morgan fingerprint density at radius 2 is 1.70 bits per heavy atom. The lowest BCUT2D eigenvalue weighted by Gasteiger charge is -2.17. The second kappa shape index (κ2) is 8.43. The minimum atomic E-state index is -3.39. The molecule has 2 aromatic carbocycles. The maximum absolute atomic E-state index is 12.5. The Labute approximate surface area is 160 Å². The predicted octanol–water partition coefficient (Wildman–Crippen LogP) is 4.68. The van der Waals surface area contributed by atoms with Gasteiger partial charge in [0.2, 0.25) is 10.0 Å². The van der Waals surface area contributed by atoms with Crippen LogP contribution in [-0.2, 0) is 14.8 Å². The minimum Gasteiger partial charge on any atom is -0.441 e. The highest BCUT2D eigenvalue weighted by Gasteiger charge is 2.28. The lowest BCUT2D eigenvalue weighted by molar-refractivity contribution is 0.121. The van der Waals surface area contributed by atoms with Gasteiger partial charge in [0.15, 0.2) is 0 Å². The van der Waals surface area contributed by atoms with Crippen molar-refractivity contribution in [3.8, 4) is 0 Å². The second-order valence-electron chi connectivity index (χ2n) is 6.72. The molecule has 0 saturated heterocycles. The monoisotopic (exact) mass is 388 g/mol. The van der Waals surface area contributed by atoms with Gasteiger partial charge in [0, 0.05) is 11.4 Å². The molecule has 2 aromatic rings. The summed E-state index contributed by atoms with van der Waals surface area (Å²) in [7, 11) is -3.39. The van der Waals surface area contributed by atoms with Crippen LogP contribution in [0.2, 0.25) is 0 Å². The number of sulfonamides is 1. The summed E-state index contributed by atoms with van der Waals surface area (Å²) in [6.07, 6.45) is 2.22. The van der Waals surface area contributed by atoms with Gasteiger partial charge < -0.3 is 4.74 Å². The molecule has 1 unspecified atom stereocenters. The average Bonchev–Trinajstić information content (AvgIpc) is 3.18. The largest absolute Gasteiger partial charge is 0.441 e. The van der Waals surface area contributed by atoms with E-state index < -0.39 is 22.2 Å². The topological polar surface area (TPSA) is 84.5 Å². The van der Waals surface area contributed by atoms with Crippen LogP contribution in [0.25, 0.3) is 0 Å². The highest BCUT2D eigenvalue weighted by atomic mass is 32.2. The van der Waals surface area contributed by atoms with E-state index in [-0.39, 0.29) is 5.25 Å². The number of anilines is 2. The fourth-order valence-electron chi connectivity index (χ4n) is 3.20. The van der Waals surface area contributed by atoms with Gasteiger partial charge in [-0.15, -0.1) is 0 Å². The molecule has 1 fully saturated rings. The van der Waals surface area contributed by atoms with E-state index >= 15 is 0 Å². The maximum atomic E-state index is 12.5. The number of hydrogen-bond donors (Lipinski definition) is 2. The molecule has 1 atom stereocenters. The SMILES string of the molecule is CC(OC(=O)Nc1ccccc1)c1cccc(NS(=O)(=O)C2CCCC2)c1. The predicted molar refractivity (Wildman–Crippen MR) is 106 cm³/mol. The van der Waals surface area contributed by atoms with Crippen LogP contribution in [0.15, 0.2) is 54.6 Å². The lowest BCUT2D eigenvalue weighted by Crippen LogP contribution is -2.25. The Balaban J connectivity index is 1.63. The van der Waals surface area contributed by atoms with E-state index in [1.165, 1.54) is 0 Å². The first-order valence-electron chi connectivity index (χ1n) is 9.08. The number of para-hydroxylation sites is 1. The summed E-state index contributed by atoms with van der Waals surface area (Å²) in [5.74, 6) is 0. The Kier molecular flexibility index (Phi) is 6.01. The second-order valence-corrected chi connectivity index (χ2v) is 8.68. The molecular formula is C20H24N2O4S. The molecule has 7 heteroatoms. The van der Waals surface area contributed by atoms with Crippen LogP contribution in [0.3, 0.4) is 0 Å². The number of nitrogens with one attached hydrogen (secondary N) is 2. The molecule has 0 radical (unpaired) electrons. The normalized spacial score (nSPS) is 15.9. The van der Waals surface area contributed by atoms with Crippen molar-refractivity contribution in [2.45, 2.75) is 44.0 Å². The molecule has 1 saturated carbocycles. The molecular weight excluding hydrogens is 364 g/mol. The molecule has 0 spiro atoms. The highest BCUT2D eigenvalue weighted by molar-refractivity contribution is 7.93. The van der Waals surface area contributed by atoms with Gasteiger partial charge in [0.05, 0.1) is 5.25 Å². The third kappa shape index (κ3) is 5.23. The molecule has 0 aromatic heterocycles. The molecule has 3 rings (SSSR count). The van der Waals surface area contributed by atoms with Crippen molar-refractivity contribution in [2.75, 3.05) is 10.0 Å². The maximum Gasteiger partial charge on any atom is 0.412 e. The summed E-state index contributed by atoms with van der Waals surface area (Å²) in [5, 5.41) is 2.33. The average molecular weight is 388 g/mol. The Hall–Kier alpha value is -2.54. The van der Waals surface area contributed by atoms with Crippen LogP contribution in [-0.4, -0.2) is 19.8 Å². The smallest absolute Gasteiger partial charge is 0.412 e. The van der Waals surface area contributed by atoms with Crippen LogP contribution in [0.1, 0.15) is 44.3 Å². The van der Waals surface area contributed by atoms with Crippen LogP contribution < -0.4 is 10.0 Å². The first kappa shape index (κ1) is 19.2. The van der Waals surface area contributed by atoms with Gasteiger partial charge in [-0.05, 0) is 49.6 Å². The fourth-order valence-corrected chi connectivity index (χ4v) is 4.77. The zero-order chi connectivity index (χ0) is 19.3. The number of carbonyl (C=O) groups excluding carboxylic acids is 1. The van der Waals surface area contributed by atoms with Crippen molar-refractivity contribution >= 4 is 27.5 Å². The standard InChI is InChI=1S/C20H24N2O4S/c1-15(26-20(23)21-17-9-3-2-4-10-17)16-8-7-11-18(14-16)22-27(24,25)19-12-5-6-13-19/h2-4,7-11,14-15,19,22H,5-6,12-13H2,1H3,(H,21,23). The van der Waals surface area contributed by atoms with Gasteiger partial charge in [-0.3, -0.25) is 10.0 Å². The van der Waals surface area contributed by atoms with Crippen LogP contribution in [0.4, 0.5) is 16.2 Å². The van der Waals surface area contributed by atoms with Crippen molar-refractivity contribution < 1.29 is 17.9 Å². The van der Waals surface area contributed by atoms with Crippen molar-refractivity contribution in [1.29, 1.82) is 0 Å². The summed E-state index contributed by atoms with van der Waals surface area (Å²) in [4.78, 5) is 12.0. The molecule has 6 nitrogen and oxygen atoms in total. The molecule has 27 heavy (non-hydrogen) atoms. The summed E-state index contributed by atoms with van der Waals surface area (Å²) in [5.41, 5.74) is 1.84. The van der Waals surface area contributed by atoms with E-state index in [0.717, 1.165) is 12.8 Å². The van der Waals surface area contributed by atoms with E-state index in [2.05, 4.69) is 10.0 Å². The molecule has 0 heterocycles. The van der Waals surface area contributed by atoms with E-state index in [1.807, 2.05) is 18.2 Å². The summed E-state index contributed by atoms with van der Waals surface area (Å²) in [6.45, 7) is 1.75. The Morgan fingerprint density at radius 3 is 2.41 bits per heavy atom. The summed E-state index contributed by atoms with van der Waals surface area (Å²) >= 11 is 0. The number of benzene rings is 2. The van der Waals surface area contributed by atoms with Gasteiger partial charge in [-0.1, -0.05) is 43.2 Å². The molecule has 1 amide bonds. The van der Waals surface area contributed by atoms with Gasteiger partial charge in [0.25, 0.3) is 0 Å². The first-order valence-corrected chi connectivity index (χ1v) is 10.6. The fraction of sp³-hybridized carbons (Fsp3) is 0.350.